The zero-order valence-corrected chi connectivity index (χ0v) is 10.9. The maximum atomic E-state index is 13.0. The van der Waals surface area contributed by atoms with Crippen molar-refractivity contribution in [2.75, 3.05) is 0 Å². The van der Waals surface area contributed by atoms with Crippen LogP contribution in [0.2, 0.25) is 0 Å². The monoisotopic (exact) mass is 285 g/mol. The first-order valence-corrected chi connectivity index (χ1v) is 6.54. The van der Waals surface area contributed by atoms with Crippen LogP contribution in [0.1, 0.15) is 31.2 Å². The molecule has 1 aromatic carbocycles. The number of amides is 1. The minimum atomic E-state index is -2.64. The molecule has 0 radical (unpaired) electrons. The smallest absolute Gasteiger partial charge is 0.248 e. The number of carbonyl (C=O) groups excluding carboxylic acids is 1. The van der Waals surface area contributed by atoms with E-state index in [9.17, 15) is 18.7 Å². The lowest BCUT2D eigenvalue weighted by Gasteiger charge is -2.27. The number of nitrogens with one attached hydrogen (secondary N) is 1. The van der Waals surface area contributed by atoms with E-state index in [2.05, 4.69) is 5.32 Å². The minimum Gasteiger partial charge on any atom is -0.504 e. The molecule has 0 bridgehead atoms. The molecule has 0 atom stereocenters. The molecule has 1 aromatic rings. The first-order valence-electron chi connectivity index (χ1n) is 6.54. The van der Waals surface area contributed by atoms with E-state index in [1.807, 2.05) is 0 Å². The summed E-state index contributed by atoms with van der Waals surface area (Å²) < 4.78 is 26.0. The Balaban J connectivity index is 1.85. The van der Waals surface area contributed by atoms with Gasteiger partial charge in [-0.15, -0.1) is 0 Å². The van der Waals surface area contributed by atoms with E-state index in [4.69, 9.17) is 5.11 Å². The van der Waals surface area contributed by atoms with E-state index in [1.165, 1.54) is 12.1 Å². The van der Waals surface area contributed by atoms with Gasteiger partial charge in [-0.3, -0.25) is 4.79 Å². The van der Waals surface area contributed by atoms with Crippen LogP contribution in [-0.4, -0.2) is 22.0 Å². The summed E-state index contributed by atoms with van der Waals surface area (Å²) in [5.74, 6) is -3.74. The topological polar surface area (TPSA) is 69.6 Å². The number of alkyl halides is 2. The van der Waals surface area contributed by atoms with Crippen LogP contribution in [0, 0.1) is 5.92 Å². The minimum absolute atomic E-state index is 0.194. The first kappa shape index (κ1) is 14.6. The highest BCUT2D eigenvalue weighted by Gasteiger charge is 2.37. The SMILES string of the molecule is O=C(NCc1ccc(O)c(O)c1)C1CCC(F)(F)CC1. The van der Waals surface area contributed by atoms with Crippen molar-refractivity contribution in [3.63, 3.8) is 0 Å². The number of carbonyl (C=O) groups is 1. The van der Waals surface area contributed by atoms with Gasteiger partial charge in [-0.1, -0.05) is 6.07 Å². The fourth-order valence-corrected chi connectivity index (χ4v) is 2.31. The molecule has 0 saturated heterocycles. The largest absolute Gasteiger partial charge is 0.504 e. The van der Waals surface area contributed by atoms with Crippen LogP contribution in [-0.2, 0) is 11.3 Å². The van der Waals surface area contributed by atoms with Gasteiger partial charge in [-0.05, 0) is 30.5 Å². The summed E-state index contributed by atoms with van der Waals surface area (Å²) in [5, 5.41) is 21.2. The van der Waals surface area contributed by atoms with Crippen molar-refractivity contribution < 1.29 is 23.8 Å². The highest BCUT2D eigenvalue weighted by molar-refractivity contribution is 5.78. The summed E-state index contributed by atoms with van der Waals surface area (Å²) in [4.78, 5) is 11.9. The number of rotatable bonds is 3. The lowest BCUT2D eigenvalue weighted by Crippen LogP contribution is -2.35. The summed E-state index contributed by atoms with van der Waals surface area (Å²) >= 11 is 0. The Bertz CT molecular complexity index is 495. The average Bonchev–Trinajstić information content (AvgIpc) is 2.40. The Labute approximate surface area is 115 Å². The molecule has 1 fully saturated rings. The number of phenols is 2. The molecule has 1 saturated carbocycles. The average molecular weight is 285 g/mol. The number of phenolic OH excluding ortho intramolecular Hbond substituents is 2. The van der Waals surface area contributed by atoms with Gasteiger partial charge in [-0.2, -0.15) is 0 Å². The molecule has 0 unspecified atom stereocenters. The Morgan fingerprint density at radius 3 is 2.50 bits per heavy atom. The summed E-state index contributed by atoms with van der Waals surface area (Å²) in [5.41, 5.74) is 0.634. The number of hydrogen-bond acceptors (Lipinski definition) is 3. The van der Waals surface area contributed by atoms with E-state index < -0.39 is 5.92 Å². The molecule has 0 aromatic heterocycles. The van der Waals surface area contributed by atoms with Crippen LogP contribution in [0.25, 0.3) is 0 Å². The summed E-state index contributed by atoms with van der Waals surface area (Å²) in [6.45, 7) is 0.194. The van der Waals surface area contributed by atoms with Gasteiger partial charge in [0.15, 0.2) is 11.5 Å². The molecule has 2 rings (SSSR count). The zero-order valence-electron chi connectivity index (χ0n) is 10.9. The summed E-state index contributed by atoms with van der Waals surface area (Å²) in [6.07, 6.45) is -0.102. The molecule has 110 valence electrons. The van der Waals surface area contributed by atoms with Crippen molar-refractivity contribution in [2.24, 2.45) is 5.92 Å². The molecule has 1 aliphatic carbocycles. The van der Waals surface area contributed by atoms with Crippen molar-refractivity contribution >= 4 is 5.91 Å². The fraction of sp³-hybridized carbons (Fsp3) is 0.500. The molecule has 0 spiro atoms. The third-order valence-corrected chi connectivity index (χ3v) is 3.59. The van der Waals surface area contributed by atoms with Crippen molar-refractivity contribution in [1.29, 1.82) is 0 Å². The van der Waals surface area contributed by atoms with Gasteiger partial charge in [0, 0.05) is 25.3 Å². The second kappa shape index (κ2) is 5.64. The molecular formula is C14H17F2NO3. The Hall–Kier alpha value is -1.85. The predicted molar refractivity (Wildman–Crippen MR) is 68.5 cm³/mol. The molecule has 3 N–H and O–H groups in total. The molecule has 6 heteroatoms. The number of aromatic hydroxyl groups is 2. The van der Waals surface area contributed by atoms with Crippen LogP contribution in [0.5, 0.6) is 11.5 Å². The van der Waals surface area contributed by atoms with Crippen LogP contribution >= 0.6 is 0 Å². The Morgan fingerprint density at radius 2 is 1.90 bits per heavy atom. The quantitative estimate of drug-likeness (QED) is 0.747. The number of hydrogen-bond donors (Lipinski definition) is 3. The normalized spacial score (nSPS) is 18.7. The molecular weight excluding hydrogens is 268 g/mol. The lowest BCUT2D eigenvalue weighted by molar-refractivity contribution is -0.129. The maximum absolute atomic E-state index is 13.0. The van der Waals surface area contributed by atoms with Crippen molar-refractivity contribution in [1.82, 2.24) is 5.32 Å². The Morgan fingerprint density at radius 1 is 1.25 bits per heavy atom. The highest BCUT2D eigenvalue weighted by atomic mass is 19.3. The van der Waals surface area contributed by atoms with Gasteiger partial charge in [0.05, 0.1) is 0 Å². The van der Waals surface area contributed by atoms with Crippen molar-refractivity contribution in [2.45, 2.75) is 38.2 Å². The third kappa shape index (κ3) is 3.59. The summed E-state index contributed by atoms with van der Waals surface area (Å²) in [6, 6.07) is 4.26. The fourth-order valence-electron chi connectivity index (χ4n) is 2.31. The molecule has 1 amide bonds. The predicted octanol–water partition coefficient (Wildman–Crippen LogP) is 2.54. The van der Waals surface area contributed by atoms with Crippen LogP contribution < -0.4 is 5.32 Å². The molecule has 0 aliphatic heterocycles. The van der Waals surface area contributed by atoms with Gasteiger partial charge in [-0.25, -0.2) is 8.78 Å². The van der Waals surface area contributed by atoms with E-state index >= 15 is 0 Å². The van der Waals surface area contributed by atoms with Crippen LogP contribution in [0.15, 0.2) is 18.2 Å². The van der Waals surface area contributed by atoms with E-state index in [-0.39, 0.29) is 55.6 Å². The maximum Gasteiger partial charge on any atom is 0.248 e. The van der Waals surface area contributed by atoms with Gasteiger partial charge in [0.1, 0.15) is 0 Å². The van der Waals surface area contributed by atoms with Crippen molar-refractivity contribution in [3.05, 3.63) is 23.8 Å². The van der Waals surface area contributed by atoms with Gasteiger partial charge >= 0.3 is 0 Å². The second-order valence-corrected chi connectivity index (χ2v) is 5.17. The third-order valence-electron chi connectivity index (χ3n) is 3.59. The Kier molecular flexibility index (Phi) is 4.11. The van der Waals surface area contributed by atoms with Crippen LogP contribution in [0.4, 0.5) is 8.78 Å². The molecule has 4 nitrogen and oxygen atoms in total. The van der Waals surface area contributed by atoms with Gasteiger partial charge in [0.2, 0.25) is 11.8 Å². The number of benzene rings is 1. The lowest BCUT2D eigenvalue weighted by atomic mass is 9.86. The standard InChI is InChI=1S/C14H17F2NO3/c15-14(16)5-3-10(4-6-14)13(20)17-8-9-1-2-11(18)12(19)7-9/h1-2,7,10,18-19H,3-6,8H2,(H,17,20). The molecule has 1 aliphatic rings. The van der Waals surface area contributed by atoms with Crippen molar-refractivity contribution in [3.8, 4) is 11.5 Å². The highest BCUT2D eigenvalue weighted by Crippen LogP contribution is 2.36. The van der Waals surface area contributed by atoms with Crippen LogP contribution in [0.3, 0.4) is 0 Å². The van der Waals surface area contributed by atoms with E-state index in [0.717, 1.165) is 0 Å². The zero-order chi connectivity index (χ0) is 14.8. The number of halogens is 2. The summed E-state index contributed by atoms with van der Waals surface area (Å²) in [7, 11) is 0. The van der Waals surface area contributed by atoms with Gasteiger partial charge in [0.25, 0.3) is 0 Å². The first-order chi connectivity index (χ1) is 9.37. The second-order valence-electron chi connectivity index (χ2n) is 5.17. The molecule has 20 heavy (non-hydrogen) atoms. The van der Waals surface area contributed by atoms with E-state index in [0.29, 0.717) is 5.56 Å². The van der Waals surface area contributed by atoms with E-state index in [1.54, 1.807) is 6.07 Å². The van der Waals surface area contributed by atoms with Gasteiger partial charge < -0.3 is 15.5 Å². The molecule has 0 heterocycles.